The highest BCUT2D eigenvalue weighted by atomic mass is 19.1. The van der Waals surface area contributed by atoms with Gasteiger partial charge in [0, 0.05) is 35.4 Å². The Morgan fingerprint density at radius 1 is 1.00 bits per heavy atom. The summed E-state index contributed by atoms with van der Waals surface area (Å²) in [5, 5.41) is 17.0. The number of piperidine rings is 2. The standard InChI is InChI=1S/C42H48F2N6O3/c1-26-34(21-31(43)22-37(26)49-41(51)33-9-8-30(20-36(33)44)42(2,3)52)39-35-23-38(48-40(35)47-25-46-39)29-6-4-28(5-7-29)24-53-32-13-18-50(19-14-32)17-12-27-10-15-45-16-11-27/h4-9,20-23,25,27,32,45,52H,10-19,24H2,1-3H3,(H,49,51)(H,46,47,48). The Kier molecular flexibility index (Phi) is 11.0. The molecule has 2 fully saturated rings. The number of nitrogens with one attached hydrogen (secondary N) is 3. The third-order valence-electron chi connectivity index (χ3n) is 10.8. The molecule has 2 aromatic heterocycles. The molecule has 0 atom stereocenters. The Balaban J connectivity index is 1.00. The van der Waals surface area contributed by atoms with Crippen molar-refractivity contribution < 1.29 is 23.4 Å². The van der Waals surface area contributed by atoms with Crippen LogP contribution in [0.3, 0.4) is 0 Å². The number of H-pyrrole nitrogens is 1. The second-order valence-corrected chi connectivity index (χ2v) is 15.0. The average molecular weight is 723 g/mol. The number of aromatic nitrogens is 3. The van der Waals surface area contributed by atoms with E-state index in [-0.39, 0.29) is 17.4 Å². The van der Waals surface area contributed by atoms with Crippen LogP contribution in [0.5, 0.6) is 0 Å². The number of fused-ring (bicyclic) bond motifs is 1. The molecule has 3 aromatic carbocycles. The van der Waals surface area contributed by atoms with Crippen molar-refractivity contribution in [2.24, 2.45) is 5.92 Å². The van der Waals surface area contributed by atoms with Gasteiger partial charge in [0.1, 0.15) is 23.6 Å². The summed E-state index contributed by atoms with van der Waals surface area (Å²) in [6, 6.07) is 16.7. The van der Waals surface area contributed by atoms with Gasteiger partial charge in [0.15, 0.2) is 0 Å². The number of halogens is 2. The fraction of sp³-hybridized carbons (Fsp3) is 0.405. The number of carbonyl (C=O) groups is 1. The quantitative estimate of drug-likeness (QED) is 0.110. The first-order valence-electron chi connectivity index (χ1n) is 18.6. The zero-order valence-electron chi connectivity index (χ0n) is 30.6. The monoisotopic (exact) mass is 722 g/mol. The first-order chi connectivity index (χ1) is 25.5. The molecule has 0 saturated carbocycles. The highest BCUT2D eigenvalue weighted by molar-refractivity contribution is 6.06. The van der Waals surface area contributed by atoms with Crippen LogP contribution < -0.4 is 10.6 Å². The van der Waals surface area contributed by atoms with E-state index in [4.69, 9.17) is 4.74 Å². The van der Waals surface area contributed by atoms with Gasteiger partial charge < -0.3 is 30.4 Å². The summed E-state index contributed by atoms with van der Waals surface area (Å²) < 4.78 is 36.3. The molecule has 0 aliphatic carbocycles. The molecule has 278 valence electrons. The van der Waals surface area contributed by atoms with Gasteiger partial charge in [-0.1, -0.05) is 30.3 Å². The third kappa shape index (κ3) is 8.65. The van der Waals surface area contributed by atoms with Crippen LogP contribution >= 0.6 is 0 Å². The molecule has 53 heavy (non-hydrogen) atoms. The Labute approximate surface area is 309 Å². The Morgan fingerprint density at radius 2 is 1.75 bits per heavy atom. The second-order valence-electron chi connectivity index (χ2n) is 15.0. The summed E-state index contributed by atoms with van der Waals surface area (Å²) in [5.74, 6) is -1.24. The van der Waals surface area contributed by atoms with Gasteiger partial charge in [-0.25, -0.2) is 18.7 Å². The minimum Gasteiger partial charge on any atom is -0.386 e. The molecular formula is C42H48F2N6O3. The normalized spacial score (nSPS) is 16.3. The van der Waals surface area contributed by atoms with E-state index in [9.17, 15) is 14.3 Å². The van der Waals surface area contributed by atoms with Crippen molar-refractivity contribution in [1.29, 1.82) is 0 Å². The third-order valence-corrected chi connectivity index (χ3v) is 10.8. The predicted molar refractivity (Wildman–Crippen MR) is 204 cm³/mol. The van der Waals surface area contributed by atoms with Gasteiger partial charge in [0.05, 0.1) is 29.6 Å². The lowest BCUT2D eigenvalue weighted by molar-refractivity contribution is -0.00341. The van der Waals surface area contributed by atoms with Crippen molar-refractivity contribution in [2.75, 3.05) is 38.0 Å². The van der Waals surface area contributed by atoms with Gasteiger partial charge in [-0.05, 0) is 131 Å². The van der Waals surface area contributed by atoms with Gasteiger partial charge in [0.2, 0.25) is 0 Å². The summed E-state index contributed by atoms with van der Waals surface area (Å²) in [6.07, 6.45) is 7.75. The molecular weight excluding hydrogens is 674 g/mol. The van der Waals surface area contributed by atoms with Crippen LogP contribution in [-0.2, 0) is 16.9 Å². The van der Waals surface area contributed by atoms with Crippen LogP contribution in [0, 0.1) is 24.5 Å². The fourth-order valence-corrected chi connectivity index (χ4v) is 7.46. The van der Waals surface area contributed by atoms with Crippen LogP contribution in [0.15, 0.2) is 67.0 Å². The van der Waals surface area contributed by atoms with Crippen LogP contribution in [0.4, 0.5) is 14.5 Å². The summed E-state index contributed by atoms with van der Waals surface area (Å²) in [4.78, 5) is 28.0. The Hall–Kier alpha value is -4.55. The number of anilines is 1. The maximum Gasteiger partial charge on any atom is 0.258 e. The first kappa shape index (κ1) is 36.8. The molecule has 0 spiro atoms. The van der Waals surface area contributed by atoms with E-state index in [0.717, 1.165) is 67.8 Å². The number of carbonyl (C=O) groups excluding carboxylic acids is 1. The van der Waals surface area contributed by atoms with Crippen molar-refractivity contribution in [3.05, 3.63) is 101 Å². The van der Waals surface area contributed by atoms with E-state index >= 15 is 4.39 Å². The summed E-state index contributed by atoms with van der Waals surface area (Å²) >= 11 is 0. The number of rotatable bonds is 11. The largest absolute Gasteiger partial charge is 0.386 e. The van der Waals surface area contributed by atoms with E-state index in [1.165, 1.54) is 70.2 Å². The SMILES string of the molecule is Cc1c(NC(=O)c2ccc(C(C)(C)O)cc2F)cc(F)cc1-c1ncnc2[nH]c(-c3ccc(COC4CCN(CCC5CCNCC5)CC4)cc3)cc12. The van der Waals surface area contributed by atoms with Crippen LogP contribution in [0.1, 0.15) is 73.0 Å². The maximum atomic E-state index is 15.1. The molecule has 9 nitrogen and oxygen atoms in total. The van der Waals surface area contributed by atoms with Crippen molar-refractivity contribution in [1.82, 2.24) is 25.2 Å². The Morgan fingerprint density at radius 3 is 2.47 bits per heavy atom. The van der Waals surface area contributed by atoms with E-state index in [0.29, 0.717) is 40.0 Å². The van der Waals surface area contributed by atoms with Crippen molar-refractivity contribution >= 4 is 22.6 Å². The summed E-state index contributed by atoms with van der Waals surface area (Å²) in [5.41, 5.74) is 4.03. The fourth-order valence-electron chi connectivity index (χ4n) is 7.46. The molecule has 4 heterocycles. The average Bonchev–Trinajstić information content (AvgIpc) is 3.60. The zero-order valence-corrected chi connectivity index (χ0v) is 30.6. The number of hydrogen-bond donors (Lipinski definition) is 4. The zero-order chi connectivity index (χ0) is 37.1. The maximum absolute atomic E-state index is 15.1. The van der Waals surface area contributed by atoms with Gasteiger partial charge in [-0.15, -0.1) is 0 Å². The number of nitrogens with zero attached hydrogens (tertiary/aromatic N) is 3. The highest BCUT2D eigenvalue weighted by Gasteiger charge is 2.23. The predicted octanol–water partition coefficient (Wildman–Crippen LogP) is 7.73. The van der Waals surface area contributed by atoms with E-state index < -0.39 is 23.1 Å². The number of hydrogen-bond acceptors (Lipinski definition) is 7. The number of ether oxygens (including phenoxy) is 1. The molecule has 4 N–H and O–H groups in total. The van der Waals surface area contributed by atoms with E-state index in [1.54, 1.807) is 6.92 Å². The van der Waals surface area contributed by atoms with Crippen molar-refractivity contribution in [3.63, 3.8) is 0 Å². The molecule has 11 heteroatoms. The smallest absolute Gasteiger partial charge is 0.258 e. The molecule has 5 aromatic rings. The number of aromatic amines is 1. The first-order valence-corrected chi connectivity index (χ1v) is 18.6. The lowest BCUT2D eigenvalue weighted by Gasteiger charge is -2.33. The molecule has 1 amide bonds. The van der Waals surface area contributed by atoms with Crippen molar-refractivity contribution in [3.8, 4) is 22.5 Å². The number of likely N-dealkylation sites (tertiary alicyclic amines) is 1. The van der Waals surface area contributed by atoms with Crippen molar-refractivity contribution in [2.45, 2.75) is 71.2 Å². The minimum atomic E-state index is -1.27. The Bertz CT molecular complexity index is 2060. The molecule has 0 radical (unpaired) electrons. The topological polar surface area (TPSA) is 115 Å². The second kappa shape index (κ2) is 15.8. The lowest BCUT2D eigenvalue weighted by atomic mass is 9.94. The van der Waals surface area contributed by atoms with Gasteiger partial charge in [0.25, 0.3) is 5.91 Å². The highest BCUT2D eigenvalue weighted by Crippen LogP contribution is 2.35. The molecule has 2 aliphatic heterocycles. The molecule has 2 aliphatic rings. The van der Waals surface area contributed by atoms with Gasteiger partial charge in [-0.2, -0.15) is 0 Å². The van der Waals surface area contributed by atoms with Gasteiger partial charge in [-0.3, -0.25) is 4.79 Å². The lowest BCUT2D eigenvalue weighted by Crippen LogP contribution is -2.38. The number of aliphatic hydroxyl groups is 1. The van der Waals surface area contributed by atoms with E-state index in [2.05, 4.69) is 42.6 Å². The molecule has 0 bridgehead atoms. The van der Waals surface area contributed by atoms with Crippen LogP contribution in [0.2, 0.25) is 0 Å². The molecule has 7 rings (SSSR count). The van der Waals surface area contributed by atoms with Gasteiger partial charge >= 0.3 is 0 Å². The molecule has 0 unspecified atom stereocenters. The van der Waals surface area contributed by atoms with E-state index in [1.807, 2.05) is 18.2 Å². The van der Waals surface area contributed by atoms with Crippen LogP contribution in [0.25, 0.3) is 33.5 Å². The summed E-state index contributed by atoms with van der Waals surface area (Å²) in [7, 11) is 0. The number of benzene rings is 3. The number of amides is 1. The minimum absolute atomic E-state index is 0.189. The molecule has 2 saturated heterocycles. The summed E-state index contributed by atoms with van der Waals surface area (Å²) in [6.45, 7) is 11.1. The van der Waals surface area contributed by atoms with Crippen LogP contribution in [-0.4, -0.2) is 69.7 Å².